The number of nitrogens with one attached hydrogen (secondary N) is 1. The highest BCUT2D eigenvalue weighted by molar-refractivity contribution is 5.94. The minimum absolute atomic E-state index is 0.129. The molecule has 1 aliphatic rings. The maximum Gasteiger partial charge on any atom is 0.254 e. The van der Waals surface area contributed by atoms with Crippen molar-refractivity contribution in [1.82, 2.24) is 14.9 Å². The Labute approximate surface area is 205 Å². The average molecular weight is 465 g/mol. The molecule has 35 heavy (non-hydrogen) atoms. The van der Waals surface area contributed by atoms with Gasteiger partial charge in [-0.25, -0.2) is 5.43 Å². The molecule has 3 aromatic carbocycles. The topological polar surface area (TPSA) is 58.9 Å². The number of morpholine rings is 1. The fourth-order valence-corrected chi connectivity index (χ4v) is 4.36. The largest absolute Gasteiger partial charge is 0.379 e. The van der Waals surface area contributed by atoms with Crippen LogP contribution in [0, 0.1) is 0 Å². The number of para-hydroxylation sites is 1. The van der Waals surface area contributed by atoms with Gasteiger partial charge in [-0.15, -0.1) is 0 Å². The van der Waals surface area contributed by atoms with Crippen LogP contribution in [0.25, 0.3) is 28.2 Å². The minimum atomic E-state index is -0.129. The molecule has 0 saturated carbocycles. The van der Waals surface area contributed by atoms with Gasteiger partial charge < -0.3 is 9.30 Å². The molecule has 1 aliphatic heterocycles. The van der Waals surface area contributed by atoms with Crippen molar-refractivity contribution < 1.29 is 9.53 Å². The standard InChI is InChI=1S/C29H28N4O2/c34-28(22-32-16-18-35-19-17-32)31-30-21-25-20-27(23-10-4-1-5-11-23)33(26-14-8-3-9-15-26)29(25)24-12-6-2-7-13-24/h1-15,20-21H,16-19,22H2,(H,31,34). The molecule has 1 saturated heterocycles. The Morgan fingerprint density at radius 2 is 1.46 bits per heavy atom. The lowest BCUT2D eigenvalue weighted by Gasteiger charge is -2.25. The number of hydrogen-bond donors (Lipinski definition) is 1. The molecule has 6 nitrogen and oxygen atoms in total. The van der Waals surface area contributed by atoms with E-state index in [4.69, 9.17) is 4.74 Å². The molecule has 0 atom stereocenters. The van der Waals surface area contributed by atoms with Crippen molar-refractivity contribution >= 4 is 12.1 Å². The maximum atomic E-state index is 12.5. The van der Waals surface area contributed by atoms with Crippen molar-refractivity contribution in [2.45, 2.75) is 0 Å². The Bertz CT molecular complexity index is 1280. The first kappa shape index (κ1) is 22.8. The Morgan fingerprint density at radius 3 is 2.11 bits per heavy atom. The summed E-state index contributed by atoms with van der Waals surface area (Å²) in [5, 5.41) is 4.34. The van der Waals surface area contributed by atoms with E-state index in [2.05, 4.69) is 62.5 Å². The van der Waals surface area contributed by atoms with Gasteiger partial charge in [0.1, 0.15) is 0 Å². The molecule has 2 heterocycles. The molecule has 0 unspecified atom stereocenters. The van der Waals surface area contributed by atoms with E-state index in [-0.39, 0.29) is 5.91 Å². The van der Waals surface area contributed by atoms with E-state index in [1.54, 1.807) is 6.21 Å². The van der Waals surface area contributed by atoms with E-state index in [1.807, 2.05) is 54.6 Å². The SMILES string of the molecule is O=C(CN1CCOCC1)NN=Cc1cc(-c2ccccc2)n(-c2ccccc2)c1-c1ccccc1. The summed E-state index contributed by atoms with van der Waals surface area (Å²) in [7, 11) is 0. The normalized spacial score (nSPS) is 14.3. The summed E-state index contributed by atoms with van der Waals surface area (Å²) < 4.78 is 7.61. The van der Waals surface area contributed by atoms with Crippen LogP contribution in [0.2, 0.25) is 0 Å². The average Bonchev–Trinajstić information content (AvgIpc) is 3.30. The van der Waals surface area contributed by atoms with Crippen molar-refractivity contribution in [2.24, 2.45) is 5.10 Å². The summed E-state index contributed by atoms with van der Waals surface area (Å²) in [6.45, 7) is 3.15. The number of hydrogen-bond acceptors (Lipinski definition) is 4. The Morgan fingerprint density at radius 1 is 0.857 bits per heavy atom. The van der Waals surface area contributed by atoms with Crippen LogP contribution in [0.15, 0.2) is 102 Å². The second-order valence-corrected chi connectivity index (χ2v) is 8.42. The number of rotatable bonds is 7. The summed E-state index contributed by atoms with van der Waals surface area (Å²) in [6.07, 6.45) is 1.74. The van der Waals surface area contributed by atoms with Gasteiger partial charge in [-0.2, -0.15) is 5.10 Å². The molecule has 1 fully saturated rings. The molecular weight excluding hydrogens is 436 g/mol. The fourth-order valence-electron chi connectivity index (χ4n) is 4.36. The molecule has 5 rings (SSSR count). The third-order valence-corrected chi connectivity index (χ3v) is 6.03. The molecule has 176 valence electrons. The van der Waals surface area contributed by atoms with Crippen molar-refractivity contribution in [3.05, 3.63) is 103 Å². The molecule has 0 aliphatic carbocycles. The third-order valence-electron chi connectivity index (χ3n) is 6.03. The van der Waals surface area contributed by atoms with E-state index < -0.39 is 0 Å². The number of carbonyl (C=O) groups excluding carboxylic acids is 1. The van der Waals surface area contributed by atoms with Gasteiger partial charge in [0.2, 0.25) is 0 Å². The minimum Gasteiger partial charge on any atom is -0.379 e. The van der Waals surface area contributed by atoms with Crippen LogP contribution in [-0.2, 0) is 9.53 Å². The van der Waals surface area contributed by atoms with Crippen LogP contribution in [0.1, 0.15) is 5.56 Å². The van der Waals surface area contributed by atoms with Gasteiger partial charge in [0, 0.05) is 24.3 Å². The van der Waals surface area contributed by atoms with Crippen LogP contribution in [-0.4, -0.2) is 54.4 Å². The second-order valence-electron chi connectivity index (χ2n) is 8.42. The van der Waals surface area contributed by atoms with Crippen molar-refractivity contribution in [2.75, 3.05) is 32.8 Å². The first-order valence-electron chi connectivity index (χ1n) is 11.8. The number of nitrogens with zero attached hydrogens (tertiary/aromatic N) is 3. The van der Waals surface area contributed by atoms with Crippen molar-refractivity contribution in [3.63, 3.8) is 0 Å². The van der Waals surface area contributed by atoms with Gasteiger partial charge >= 0.3 is 0 Å². The number of amides is 1. The van der Waals surface area contributed by atoms with Gasteiger partial charge in [0.15, 0.2) is 0 Å². The first-order valence-corrected chi connectivity index (χ1v) is 11.8. The third kappa shape index (κ3) is 5.40. The smallest absolute Gasteiger partial charge is 0.254 e. The Balaban J connectivity index is 1.53. The molecule has 6 heteroatoms. The maximum absolute atomic E-state index is 12.5. The van der Waals surface area contributed by atoms with E-state index in [9.17, 15) is 4.79 Å². The van der Waals surface area contributed by atoms with Gasteiger partial charge in [-0.1, -0.05) is 78.9 Å². The van der Waals surface area contributed by atoms with Crippen LogP contribution in [0.5, 0.6) is 0 Å². The number of carbonyl (C=O) groups is 1. The van der Waals surface area contributed by atoms with Crippen LogP contribution in [0.3, 0.4) is 0 Å². The van der Waals surface area contributed by atoms with Gasteiger partial charge in [-0.3, -0.25) is 9.69 Å². The molecule has 0 spiro atoms. The highest BCUT2D eigenvalue weighted by Crippen LogP contribution is 2.35. The van der Waals surface area contributed by atoms with Crippen molar-refractivity contribution in [3.8, 4) is 28.2 Å². The van der Waals surface area contributed by atoms with Gasteiger partial charge in [0.05, 0.1) is 37.4 Å². The first-order chi connectivity index (χ1) is 17.3. The summed E-state index contributed by atoms with van der Waals surface area (Å²) >= 11 is 0. The molecule has 1 amide bonds. The lowest BCUT2D eigenvalue weighted by atomic mass is 10.1. The lowest BCUT2D eigenvalue weighted by Crippen LogP contribution is -2.42. The van der Waals surface area contributed by atoms with Gasteiger partial charge in [0.25, 0.3) is 5.91 Å². The zero-order valence-corrected chi connectivity index (χ0v) is 19.5. The van der Waals surface area contributed by atoms with Gasteiger partial charge in [-0.05, 0) is 29.3 Å². The molecular formula is C29H28N4O2. The number of ether oxygens (including phenoxy) is 1. The molecule has 0 radical (unpaired) electrons. The lowest BCUT2D eigenvalue weighted by molar-refractivity contribution is -0.123. The van der Waals surface area contributed by atoms with E-state index >= 15 is 0 Å². The summed E-state index contributed by atoms with van der Waals surface area (Å²) in [4.78, 5) is 14.5. The van der Waals surface area contributed by atoms with Crippen LogP contribution in [0.4, 0.5) is 0 Å². The molecule has 1 aromatic heterocycles. The van der Waals surface area contributed by atoms with E-state index in [0.29, 0.717) is 19.8 Å². The predicted molar refractivity (Wildman–Crippen MR) is 140 cm³/mol. The second kappa shape index (κ2) is 11.0. The number of hydrazone groups is 1. The Hall–Kier alpha value is -4.00. The van der Waals surface area contributed by atoms with E-state index in [0.717, 1.165) is 46.9 Å². The quantitative estimate of drug-likeness (QED) is 0.321. The molecule has 0 bridgehead atoms. The van der Waals surface area contributed by atoms with Crippen molar-refractivity contribution in [1.29, 1.82) is 0 Å². The number of benzene rings is 3. The van der Waals surface area contributed by atoms with Crippen LogP contribution >= 0.6 is 0 Å². The molecule has 1 N–H and O–H groups in total. The molecule has 4 aromatic rings. The fraction of sp³-hybridized carbons (Fsp3) is 0.172. The highest BCUT2D eigenvalue weighted by atomic mass is 16.5. The monoisotopic (exact) mass is 464 g/mol. The zero-order chi connectivity index (χ0) is 23.9. The Kier molecular flexibility index (Phi) is 7.13. The number of aromatic nitrogens is 1. The highest BCUT2D eigenvalue weighted by Gasteiger charge is 2.19. The zero-order valence-electron chi connectivity index (χ0n) is 19.5. The van der Waals surface area contributed by atoms with E-state index in [1.165, 1.54) is 0 Å². The van der Waals surface area contributed by atoms with Crippen LogP contribution < -0.4 is 5.43 Å². The summed E-state index contributed by atoms with van der Waals surface area (Å²) in [5.41, 5.74) is 8.92. The predicted octanol–water partition coefficient (Wildman–Crippen LogP) is 4.59. The summed E-state index contributed by atoms with van der Waals surface area (Å²) in [5.74, 6) is -0.129. The summed E-state index contributed by atoms with van der Waals surface area (Å²) in [6, 6.07) is 33.0.